The van der Waals surface area contributed by atoms with Crippen molar-refractivity contribution in [2.45, 2.75) is 18.1 Å². The number of nitrogens with zero attached hydrogens (tertiary/aromatic N) is 2. The molecule has 1 aromatic carbocycles. The molecule has 0 spiro atoms. The first-order chi connectivity index (χ1) is 10.1. The summed E-state index contributed by atoms with van der Waals surface area (Å²) in [7, 11) is 0. The molecule has 1 aromatic rings. The molecule has 0 aromatic heterocycles. The predicted molar refractivity (Wildman–Crippen MR) is 81.4 cm³/mol. The number of benzene rings is 1. The van der Waals surface area contributed by atoms with Gasteiger partial charge in [0.15, 0.2) is 5.17 Å². The summed E-state index contributed by atoms with van der Waals surface area (Å²) >= 11 is 1.37. The van der Waals surface area contributed by atoms with Crippen LogP contribution in [0.5, 0.6) is 5.75 Å². The van der Waals surface area contributed by atoms with Crippen molar-refractivity contribution in [1.82, 2.24) is 4.90 Å². The summed E-state index contributed by atoms with van der Waals surface area (Å²) in [6.07, 6.45) is 1.00. The van der Waals surface area contributed by atoms with Gasteiger partial charge in [0.05, 0.1) is 0 Å². The first-order valence-electron chi connectivity index (χ1n) is 6.75. The van der Waals surface area contributed by atoms with Crippen molar-refractivity contribution in [2.24, 2.45) is 4.99 Å². The number of fused-ring (bicyclic) bond motifs is 1. The van der Waals surface area contributed by atoms with Crippen LogP contribution in [0, 0.1) is 0 Å². The standard InChI is InChI=1S/C14H15N3O3S/c18-10-4-2-9(3-5-10)16-12(19)8-11-13(20)17-7-1-6-15-14(17)21-11/h2-5,11,18H,1,6-8H2,(H,16,19). The van der Waals surface area contributed by atoms with Crippen LogP contribution in [0.1, 0.15) is 12.8 Å². The molecule has 3 rings (SSSR count). The van der Waals surface area contributed by atoms with Crippen molar-refractivity contribution in [1.29, 1.82) is 0 Å². The number of phenols is 1. The molecule has 2 aliphatic heterocycles. The topological polar surface area (TPSA) is 82.0 Å². The van der Waals surface area contributed by atoms with E-state index in [4.69, 9.17) is 0 Å². The molecule has 2 amide bonds. The van der Waals surface area contributed by atoms with Crippen molar-refractivity contribution < 1.29 is 14.7 Å². The Morgan fingerprint density at radius 1 is 1.43 bits per heavy atom. The maximum atomic E-state index is 12.2. The highest BCUT2D eigenvalue weighted by Crippen LogP contribution is 2.31. The summed E-state index contributed by atoms with van der Waals surface area (Å²) in [6.45, 7) is 1.44. The molecule has 0 saturated carbocycles. The number of amidine groups is 1. The van der Waals surface area contributed by atoms with Gasteiger partial charge >= 0.3 is 0 Å². The zero-order valence-corrected chi connectivity index (χ0v) is 12.1. The normalized spacial score (nSPS) is 21.0. The van der Waals surface area contributed by atoms with Crippen molar-refractivity contribution in [3.05, 3.63) is 24.3 Å². The SMILES string of the molecule is O=C(CC1SC2=NCCCN2C1=O)Nc1ccc(O)cc1. The largest absolute Gasteiger partial charge is 0.508 e. The van der Waals surface area contributed by atoms with Crippen LogP contribution in [0.3, 0.4) is 0 Å². The number of amides is 2. The van der Waals surface area contributed by atoms with E-state index in [0.29, 0.717) is 12.2 Å². The lowest BCUT2D eigenvalue weighted by atomic mass is 10.2. The molecule has 0 bridgehead atoms. The van der Waals surface area contributed by atoms with E-state index >= 15 is 0 Å². The monoisotopic (exact) mass is 305 g/mol. The van der Waals surface area contributed by atoms with Gasteiger partial charge in [-0.2, -0.15) is 0 Å². The van der Waals surface area contributed by atoms with Crippen molar-refractivity contribution in [3.8, 4) is 5.75 Å². The van der Waals surface area contributed by atoms with Crippen LogP contribution in [0.4, 0.5) is 5.69 Å². The Balaban J connectivity index is 1.60. The average molecular weight is 305 g/mol. The van der Waals surface area contributed by atoms with Gasteiger partial charge in [0.2, 0.25) is 11.8 Å². The summed E-state index contributed by atoms with van der Waals surface area (Å²) in [4.78, 5) is 30.2. The summed E-state index contributed by atoms with van der Waals surface area (Å²) in [6, 6.07) is 6.23. The zero-order chi connectivity index (χ0) is 14.8. The minimum absolute atomic E-state index is 0.0284. The van der Waals surface area contributed by atoms with Crippen LogP contribution in [0.15, 0.2) is 29.3 Å². The summed E-state index contributed by atoms with van der Waals surface area (Å²) in [5.74, 6) is -0.101. The van der Waals surface area contributed by atoms with Crippen LogP contribution in [0.2, 0.25) is 0 Å². The van der Waals surface area contributed by atoms with Crippen LogP contribution < -0.4 is 5.32 Å². The molecule has 1 unspecified atom stereocenters. The van der Waals surface area contributed by atoms with Crippen LogP contribution in [-0.2, 0) is 9.59 Å². The number of aliphatic imine (C=N–C) groups is 1. The van der Waals surface area contributed by atoms with Gasteiger partial charge < -0.3 is 10.4 Å². The lowest BCUT2D eigenvalue weighted by molar-refractivity contribution is -0.128. The number of anilines is 1. The maximum absolute atomic E-state index is 12.2. The number of nitrogens with one attached hydrogen (secondary N) is 1. The fourth-order valence-corrected chi connectivity index (χ4v) is 3.49. The third-order valence-corrected chi connectivity index (χ3v) is 4.54. The lowest BCUT2D eigenvalue weighted by Crippen LogP contribution is -2.36. The van der Waals surface area contributed by atoms with Gasteiger partial charge in [0, 0.05) is 25.2 Å². The maximum Gasteiger partial charge on any atom is 0.242 e. The Morgan fingerprint density at radius 3 is 2.90 bits per heavy atom. The van der Waals surface area contributed by atoms with Gasteiger partial charge in [-0.3, -0.25) is 19.5 Å². The second-order valence-electron chi connectivity index (χ2n) is 4.91. The fourth-order valence-electron chi connectivity index (χ4n) is 2.30. The summed E-state index contributed by atoms with van der Waals surface area (Å²) in [5, 5.41) is 12.3. The van der Waals surface area contributed by atoms with Crippen LogP contribution >= 0.6 is 11.8 Å². The molecular weight excluding hydrogens is 290 g/mol. The van der Waals surface area contributed by atoms with Gasteiger partial charge in [-0.15, -0.1) is 0 Å². The predicted octanol–water partition coefficient (Wildman–Crippen LogP) is 1.42. The Kier molecular flexibility index (Phi) is 3.83. The average Bonchev–Trinajstić information content (AvgIpc) is 2.78. The number of hydrogen-bond acceptors (Lipinski definition) is 5. The number of thioether (sulfide) groups is 1. The lowest BCUT2D eigenvalue weighted by Gasteiger charge is -2.19. The molecule has 2 N–H and O–H groups in total. The number of carbonyl (C=O) groups excluding carboxylic acids is 2. The van der Waals surface area contributed by atoms with Crippen molar-refractivity contribution in [2.75, 3.05) is 18.4 Å². The van der Waals surface area contributed by atoms with Gasteiger partial charge in [-0.1, -0.05) is 11.8 Å². The van der Waals surface area contributed by atoms with E-state index in [1.807, 2.05) is 0 Å². The molecule has 1 atom stereocenters. The molecule has 21 heavy (non-hydrogen) atoms. The third kappa shape index (κ3) is 3.02. The number of rotatable bonds is 3. The Morgan fingerprint density at radius 2 is 2.19 bits per heavy atom. The first-order valence-corrected chi connectivity index (χ1v) is 7.63. The van der Waals surface area contributed by atoms with Crippen LogP contribution in [-0.4, -0.2) is 45.3 Å². The molecule has 1 fully saturated rings. The minimum Gasteiger partial charge on any atom is -0.508 e. The second kappa shape index (κ2) is 5.77. The highest BCUT2D eigenvalue weighted by Gasteiger charge is 2.39. The number of carbonyl (C=O) groups is 2. The number of hydrogen-bond donors (Lipinski definition) is 2. The summed E-state index contributed by atoms with van der Waals surface area (Å²) in [5.41, 5.74) is 0.600. The second-order valence-corrected chi connectivity index (χ2v) is 6.08. The van der Waals surface area contributed by atoms with Gasteiger partial charge in [-0.25, -0.2) is 0 Å². The number of aromatic hydroxyl groups is 1. The van der Waals surface area contributed by atoms with E-state index in [2.05, 4.69) is 10.3 Å². The van der Waals surface area contributed by atoms with E-state index < -0.39 is 0 Å². The Hall–Kier alpha value is -2.02. The molecule has 7 heteroatoms. The summed E-state index contributed by atoms with van der Waals surface area (Å²) < 4.78 is 0. The van der Waals surface area contributed by atoms with Gasteiger partial charge in [0.1, 0.15) is 11.0 Å². The van der Waals surface area contributed by atoms with E-state index in [1.165, 1.54) is 23.9 Å². The van der Waals surface area contributed by atoms with Gasteiger partial charge in [-0.05, 0) is 30.7 Å². The number of phenolic OH excluding ortho intramolecular Hbond substituents is 1. The molecule has 0 radical (unpaired) electrons. The van der Waals surface area contributed by atoms with E-state index in [0.717, 1.165) is 18.1 Å². The molecule has 6 nitrogen and oxygen atoms in total. The smallest absolute Gasteiger partial charge is 0.242 e. The highest BCUT2D eigenvalue weighted by atomic mass is 32.2. The minimum atomic E-state index is -0.390. The molecule has 110 valence electrons. The fraction of sp³-hybridized carbons (Fsp3) is 0.357. The highest BCUT2D eigenvalue weighted by molar-refractivity contribution is 8.15. The van der Waals surface area contributed by atoms with Crippen molar-refractivity contribution in [3.63, 3.8) is 0 Å². The van der Waals surface area contributed by atoms with Crippen LogP contribution in [0.25, 0.3) is 0 Å². The first kappa shape index (κ1) is 13.9. The van der Waals surface area contributed by atoms with E-state index in [9.17, 15) is 14.7 Å². The molecular formula is C14H15N3O3S. The molecule has 2 heterocycles. The quantitative estimate of drug-likeness (QED) is 0.828. The van der Waals surface area contributed by atoms with Gasteiger partial charge in [0.25, 0.3) is 0 Å². The Labute approximate surface area is 126 Å². The van der Waals surface area contributed by atoms with Crippen molar-refractivity contribution >= 4 is 34.4 Å². The Bertz CT molecular complexity index is 600. The van der Waals surface area contributed by atoms with E-state index in [-0.39, 0.29) is 29.2 Å². The molecule has 1 saturated heterocycles. The van der Waals surface area contributed by atoms with E-state index in [1.54, 1.807) is 17.0 Å². The third-order valence-electron chi connectivity index (χ3n) is 3.33. The molecule has 2 aliphatic rings. The zero-order valence-electron chi connectivity index (χ0n) is 11.3. The molecule has 0 aliphatic carbocycles.